The van der Waals surface area contributed by atoms with Crippen LogP contribution in [0.2, 0.25) is 0 Å². The van der Waals surface area contributed by atoms with Gasteiger partial charge in [-0.2, -0.15) is 0 Å². The minimum absolute atomic E-state index is 0.351. The van der Waals surface area contributed by atoms with Gasteiger partial charge in [0.15, 0.2) is 10.5 Å². The van der Waals surface area contributed by atoms with Gasteiger partial charge in [0.05, 0.1) is 5.70 Å². The molecule has 1 aromatic heterocycles. The number of primary amides is 1. The van der Waals surface area contributed by atoms with Gasteiger partial charge < -0.3 is 11.1 Å². The summed E-state index contributed by atoms with van der Waals surface area (Å²) in [4.78, 5) is 18.1. The second-order valence-electron chi connectivity index (χ2n) is 5.48. The molecule has 3 N–H and O–H groups in total. The maximum Gasteiger partial charge on any atom is 0.251 e. The van der Waals surface area contributed by atoms with E-state index in [1.165, 1.54) is 34.3 Å². The third-order valence-corrected chi connectivity index (χ3v) is 5.84. The molecule has 118 valence electrons. The molecule has 0 fully saturated rings. The number of anilines is 2. The van der Waals surface area contributed by atoms with Crippen molar-refractivity contribution in [2.45, 2.75) is 18.2 Å². The molecule has 7 heteroatoms. The molecule has 1 unspecified atom stereocenters. The number of hydrogen-bond donors (Lipinski definition) is 2. The van der Waals surface area contributed by atoms with E-state index >= 15 is 0 Å². The fraction of sp³-hybridized carbons (Fsp3) is 0.250. The lowest BCUT2D eigenvalue weighted by Crippen LogP contribution is -2.38. The lowest BCUT2D eigenvalue weighted by molar-refractivity contribution is -0.117. The molecular weight excluding hydrogens is 328 g/mol. The number of nitrogens with zero attached hydrogens (tertiary/aromatic N) is 2. The molecule has 0 radical (unpaired) electrons. The highest BCUT2D eigenvalue weighted by Gasteiger charge is 2.34. The molecule has 2 aliphatic heterocycles. The third-order valence-electron chi connectivity index (χ3n) is 4.01. The number of carbonyl (C=O) groups is 1. The molecule has 1 amide bonds. The van der Waals surface area contributed by atoms with Gasteiger partial charge in [-0.05, 0) is 41.5 Å². The zero-order chi connectivity index (χ0) is 15.8. The first kappa shape index (κ1) is 14.6. The molecule has 0 saturated carbocycles. The Kier molecular flexibility index (Phi) is 3.74. The Labute approximate surface area is 142 Å². The highest BCUT2D eigenvalue weighted by atomic mass is 32.2. The zero-order valence-electron chi connectivity index (χ0n) is 12.4. The van der Waals surface area contributed by atoms with Gasteiger partial charge in [0.2, 0.25) is 0 Å². The van der Waals surface area contributed by atoms with Crippen molar-refractivity contribution in [1.82, 2.24) is 4.98 Å². The first-order valence-electron chi connectivity index (χ1n) is 7.45. The summed E-state index contributed by atoms with van der Waals surface area (Å²) < 4.78 is 0. The Hall–Kier alpha value is -1.99. The number of benzene rings is 1. The first-order valence-corrected chi connectivity index (χ1v) is 9.27. The maximum absolute atomic E-state index is 11.8. The van der Waals surface area contributed by atoms with Crippen LogP contribution < -0.4 is 16.0 Å². The Morgan fingerprint density at radius 3 is 3.13 bits per heavy atom. The summed E-state index contributed by atoms with van der Waals surface area (Å²) in [6.07, 6.45) is 3.97. The van der Waals surface area contributed by atoms with Gasteiger partial charge in [-0.15, -0.1) is 11.3 Å². The van der Waals surface area contributed by atoms with Gasteiger partial charge in [-0.1, -0.05) is 17.8 Å². The lowest BCUT2D eigenvalue weighted by atomic mass is 9.99. The van der Waals surface area contributed by atoms with Crippen LogP contribution in [0.3, 0.4) is 0 Å². The van der Waals surface area contributed by atoms with Crippen molar-refractivity contribution in [2.75, 3.05) is 16.8 Å². The van der Waals surface area contributed by atoms with Crippen LogP contribution in [0.4, 0.5) is 10.8 Å². The smallest absolute Gasteiger partial charge is 0.251 e. The Morgan fingerprint density at radius 1 is 1.43 bits per heavy atom. The van der Waals surface area contributed by atoms with Gasteiger partial charge in [0, 0.05) is 23.8 Å². The monoisotopic (exact) mass is 344 g/mol. The largest absolute Gasteiger partial charge is 0.385 e. The van der Waals surface area contributed by atoms with Crippen molar-refractivity contribution in [3.63, 3.8) is 0 Å². The second kappa shape index (κ2) is 5.90. The van der Waals surface area contributed by atoms with Crippen molar-refractivity contribution < 1.29 is 4.79 Å². The Bertz CT molecular complexity index is 772. The molecule has 0 bridgehead atoms. The summed E-state index contributed by atoms with van der Waals surface area (Å²) in [5.41, 5.74) is 10.2. The van der Waals surface area contributed by atoms with E-state index in [4.69, 9.17) is 5.73 Å². The van der Waals surface area contributed by atoms with Crippen LogP contribution in [0.25, 0.3) is 5.70 Å². The quantitative estimate of drug-likeness (QED) is 0.896. The standard InChI is InChI=1S/C16H16N4OS2/c17-14(21)15-20(16-19-6-7-22-16)13(9-23-15)11-3-4-12-10(8-11)2-1-5-18-12/h3-4,6-9,15,18H,1-2,5H2,(H2,17,21). The number of fused-ring (bicyclic) bond motifs is 1. The Balaban J connectivity index is 1.74. The topological polar surface area (TPSA) is 71.2 Å². The van der Waals surface area contributed by atoms with Crippen molar-refractivity contribution in [3.05, 3.63) is 46.3 Å². The van der Waals surface area contributed by atoms with Crippen LogP contribution in [-0.4, -0.2) is 22.8 Å². The van der Waals surface area contributed by atoms with Crippen LogP contribution in [0, 0.1) is 0 Å². The van der Waals surface area contributed by atoms with Crippen molar-refractivity contribution in [1.29, 1.82) is 0 Å². The maximum atomic E-state index is 11.8. The highest BCUT2D eigenvalue weighted by molar-refractivity contribution is 8.04. The van der Waals surface area contributed by atoms with E-state index in [-0.39, 0.29) is 5.91 Å². The summed E-state index contributed by atoms with van der Waals surface area (Å²) in [5, 5.41) is 7.69. The number of nitrogens with one attached hydrogen (secondary N) is 1. The van der Waals surface area contributed by atoms with E-state index in [9.17, 15) is 4.79 Å². The number of nitrogens with two attached hydrogens (primary N) is 1. The first-order chi connectivity index (χ1) is 11.2. The third kappa shape index (κ3) is 2.60. The fourth-order valence-corrected chi connectivity index (χ4v) is 4.67. The number of thioether (sulfide) groups is 1. The molecule has 0 spiro atoms. The van der Waals surface area contributed by atoms with Crippen LogP contribution >= 0.6 is 23.1 Å². The zero-order valence-corrected chi connectivity index (χ0v) is 14.0. The highest BCUT2D eigenvalue weighted by Crippen LogP contribution is 2.41. The molecule has 2 aliphatic rings. The summed E-state index contributed by atoms with van der Waals surface area (Å²) >= 11 is 2.95. The molecule has 5 nitrogen and oxygen atoms in total. The molecule has 0 aliphatic carbocycles. The average Bonchev–Trinajstić information content (AvgIpc) is 3.23. The minimum atomic E-state index is -0.440. The van der Waals surface area contributed by atoms with Gasteiger partial charge in [-0.3, -0.25) is 9.69 Å². The SMILES string of the molecule is NC(=O)C1SC=C(c2ccc3c(c2)CCCN3)N1c1nccs1. The van der Waals surface area contributed by atoms with Gasteiger partial charge in [0.1, 0.15) is 0 Å². The van der Waals surface area contributed by atoms with Crippen LogP contribution in [-0.2, 0) is 11.2 Å². The van der Waals surface area contributed by atoms with Gasteiger partial charge in [0.25, 0.3) is 5.91 Å². The van der Waals surface area contributed by atoms with Gasteiger partial charge >= 0.3 is 0 Å². The number of aryl methyl sites for hydroxylation is 1. The number of carbonyl (C=O) groups excluding carboxylic acids is 1. The average molecular weight is 344 g/mol. The number of aromatic nitrogens is 1. The molecule has 1 aromatic carbocycles. The van der Waals surface area contributed by atoms with Crippen molar-refractivity contribution >= 4 is 45.5 Å². The van der Waals surface area contributed by atoms with E-state index in [2.05, 4.69) is 28.5 Å². The summed E-state index contributed by atoms with van der Waals surface area (Å²) in [7, 11) is 0. The van der Waals surface area contributed by atoms with E-state index in [0.717, 1.165) is 35.8 Å². The van der Waals surface area contributed by atoms with Crippen LogP contribution in [0.1, 0.15) is 17.5 Å². The Morgan fingerprint density at radius 2 is 2.35 bits per heavy atom. The van der Waals surface area contributed by atoms with E-state index in [1.807, 2.05) is 15.7 Å². The second-order valence-corrected chi connectivity index (χ2v) is 7.31. The van der Waals surface area contributed by atoms with Gasteiger partial charge in [-0.25, -0.2) is 4.98 Å². The predicted molar refractivity (Wildman–Crippen MR) is 96.4 cm³/mol. The molecule has 23 heavy (non-hydrogen) atoms. The van der Waals surface area contributed by atoms with E-state index < -0.39 is 5.37 Å². The summed E-state index contributed by atoms with van der Waals surface area (Å²) in [6.45, 7) is 1.03. The van der Waals surface area contributed by atoms with Crippen molar-refractivity contribution in [3.8, 4) is 0 Å². The normalized spacial score (nSPS) is 19.9. The van der Waals surface area contributed by atoms with Crippen LogP contribution in [0.5, 0.6) is 0 Å². The molecule has 3 heterocycles. The minimum Gasteiger partial charge on any atom is -0.385 e. The summed E-state index contributed by atoms with van der Waals surface area (Å²) in [6, 6.07) is 6.42. The lowest BCUT2D eigenvalue weighted by Gasteiger charge is -2.25. The fourth-order valence-electron chi connectivity index (χ4n) is 2.95. The van der Waals surface area contributed by atoms with Crippen molar-refractivity contribution in [2.24, 2.45) is 5.73 Å². The van der Waals surface area contributed by atoms with Crippen LogP contribution in [0.15, 0.2) is 35.2 Å². The molecule has 0 saturated heterocycles. The number of hydrogen-bond acceptors (Lipinski definition) is 6. The molecule has 2 aromatic rings. The van der Waals surface area contributed by atoms with E-state index in [0.29, 0.717) is 0 Å². The number of thiazole rings is 1. The molecular formula is C16H16N4OS2. The van der Waals surface area contributed by atoms with E-state index in [1.54, 1.807) is 6.20 Å². The number of amides is 1. The predicted octanol–water partition coefficient (Wildman–Crippen LogP) is 2.86. The number of rotatable bonds is 3. The molecule has 1 atom stereocenters. The summed E-state index contributed by atoms with van der Waals surface area (Å²) in [5.74, 6) is -0.351. The molecule has 4 rings (SSSR count).